The molecular weight excluding hydrogens is 418 g/mol. The number of rotatable bonds is 6. The average Bonchev–Trinajstić information content (AvgIpc) is 3.31. The predicted octanol–water partition coefficient (Wildman–Crippen LogP) is 4.49. The molecule has 3 amide bonds. The molecule has 2 aromatic rings. The second kappa shape index (κ2) is 9.58. The molecule has 1 atom stereocenters. The van der Waals surface area contributed by atoms with E-state index < -0.39 is 11.3 Å². The molecule has 1 saturated carbocycles. The monoisotopic (exact) mass is 439 g/mol. The maximum atomic E-state index is 12.2. The third-order valence-electron chi connectivity index (χ3n) is 4.49. The fourth-order valence-corrected chi connectivity index (χ4v) is 4.96. The van der Waals surface area contributed by atoms with Gasteiger partial charge in [-0.05, 0) is 44.4 Å². The normalized spacial score (nSPS) is 15.2. The first-order valence-electron chi connectivity index (χ1n) is 9.06. The molecule has 1 aliphatic rings. The van der Waals surface area contributed by atoms with Crippen molar-refractivity contribution in [1.82, 2.24) is 20.8 Å². The molecular formula is C18H22ClN5O2S2. The van der Waals surface area contributed by atoms with E-state index in [2.05, 4.69) is 26.1 Å². The maximum Gasteiger partial charge on any atom is 0.321 e. The van der Waals surface area contributed by atoms with Crippen molar-refractivity contribution in [3.8, 4) is 0 Å². The molecule has 0 radical (unpaired) electrons. The molecule has 1 heterocycles. The van der Waals surface area contributed by atoms with E-state index in [-0.39, 0.29) is 11.9 Å². The maximum absolute atomic E-state index is 12.2. The molecule has 28 heavy (non-hydrogen) atoms. The van der Waals surface area contributed by atoms with Crippen molar-refractivity contribution < 1.29 is 9.59 Å². The number of hydrogen-bond donors (Lipinski definition) is 3. The van der Waals surface area contributed by atoms with Gasteiger partial charge in [-0.3, -0.25) is 10.1 Å². The summed E-state index contributed by atoms with van der Waals surface area (Å²) in [6.45, 7) is 3.66. The summed E-state index contributed by atoms with van der Waals surface area (Å²) in [5, 5.41) is 17.5. The van der Waals surface area contributed by atoms with Crippen molar-refractivity contribution in [2.45, 2.75) is 55.2 Å². The van der Waals surface area contributed by atoms with E-state index in [0.717, 1.165) is 36.9 Å². The minimum Gasteiger partial charge on any atom is -0.335 e. The van der Waals surface area contributed by atoms with Gasteiger partial charge in [0.25, 0.3) is 0 Å². The first-order chi connectivity index (χ1) is 13.4. The number of aromatic nitrogens is 2. The van der Waals surface area contributed by atoms with Gasteiger partial charge in [0.05, 0.1) is 5.25 Å². The van der Waals surface area contributed by atoms with Crippen LogP contribution in [0.5, 0.6) is 0 Å². The third kappa shape index (κ3) is 5.59. The fourth-order valence-electron chi connectivity index (χ4n) is 2.88. The van der Waals surface area contributed by atoms with E-state index in [4.69, 9.17) is 11.6 Å². The number of halogens is 1. The van der Waals surface area contributed by atoms with Crippen LogP contribution in [0.2, 0.25) is 5.02 Å². The fraction of sp³-hybridized carbons (Fsp3) is 0.444. The van der Waals surface area contributed by atoms with Crippen molar-refractivity contribution in [2.75, 3.05) is 5.32 Å². The van der Waals surface area contributed by atoms with Crippen LogP contribution in [0.1, 0.15) is 38.2 Å². The summed E-state index contributed by atoms with van der Waals surface area (Å²) in [7, 11) is 0. The highest BCUT2D eigenvalue weighted by molar-refractivity contribution is 8.02. The molecule has 1 fully saturated rings. The Bertz CT molecular complexity index is 854. The second-order valence-corrected chi connectivity index (χ2v) is 9.59. The lowest BCUT2D eigenvalue weighted by Crippen LogP contribution is -2.45. The lowest BCUT2D eigenvalue weighted by Gasteiger charge is -2.14. The van der Waals surface area contributed by atoms with Crippen LogP contribution in [0.15, 0.2) is 22.5 Å². The second-order valence-electron chi connectivity index (χ2n) is 6.61. The Hall–Kier alpha value is -1.84. The van der Waals surface area contributed by atoms with E-state index in [1.807, 2.05) is 25.1 Å². The Morgan fingerprint density at radius 2 is 2.04 bits per heavy atom. The molecule has 1 aromatic carbocycles. The molecule has 3 rings (SSSR count). The van der Waals surface area contributed by atoms with Crippen LogP contribution in [0, 0.1) is 6.92 Å². The van der Waals surface area contributed by atoms with Crippen LogP contribution in [0.25, 0.3) is 0 Å². The summed E-state index contributed by atoms with van der Waals surface area (Å²) in [6.07, 6.45) is 4.18. The minimum atomic E-state index is -0.469. The van der Waals surface area contributed by atoms with Crippen LogP contribution in [0.3, 0.4) is 0 Å². The largest absolute Gasteiger partial charge is 0.335 e. The molecule has 1 aromatic heterocycles. The van der Waals surface area contributed by atoms with Gasteiger partial charge in [-0.2, -0.15) is 0 Å². The van der Waals surface area contributed by atoms with Crippen molar-refractivity contribution in [2.24, 2.45) is 0 Å². The standard InChI is InChI=1S/C18H22ClN5O2S2/c1-10-13(19)8-5-9-14(10)21-17-23-24-18(28-17)27-11(2)15(25)22-16(26)20-12-6-3-4-7-12/h5,8-9,11-12H,3-4,6-7H2,1-2H3,(H,21,23)(H2,20,22,25,26). The van der Waals surface area contributed by atoms with Crippen LogP contribution in [-0.2, 0) is 4.79 Å². The summed E-state index contributed by atoms with van der Waals surface area (Å²) in [5.74, 6) is -0.351. The Balaban J connectivity index is 1.51. The lowest BCUT2D eigenvalue weighted by molar-refractivity contribution is -0.119. The van der Waals surface area contributed by atoms with E-state index in [1.54, 1.807) is 6.92 Å². The predicted molar refractivity (Wildman–Crippen MR) is 114 cm³/mol. The summed E-state index contributed by atoms with van der Waals surface area (Å²) in [5.41, 5.74) is 1.78. The quantitative estimate of drug-likeness (QED) is 0.574. The van der Waals surface area contributed by atoms with Gasteiger partial charge >= 0.3 is 6.03 Å². The van der Waals surface area contributed by atoms with Crippen LogP contribution >= 0.6 is 34.7 Å². The number of carbonyl (C=O) groups is 2. The molecule has 7 nitrogen and oxygen atoms in total. The van der Waals surface area contributed by atoms with Crippen molar-refractivity contribution >= 4 is 57.5 Å². The highest BCUT2D eigenvalue weighted by atomic mass is 35.5. The molecule has 3 N–H and O–H groups in total. The summed E-state index contributed by atoms with van der Waals surface area (Å²) in [6, 6.07) is 5.33. The number of nitrogens with one attached hydrogen (secondary N) is 3. The Morgan fingerprint density at radius 1 is 1.29 bits per heavy atom. The first-order valence-corrected chi connectivity index (χ1v) is 11.1. The number of urea groups is 1. The molecule has 0 bridgehead atoms. The molecule has 150 valence electrons. The highest BCUT2D eigenvalue weighted by Crippen LogP contribution is 2.32. The summed E-state index contributed by atoms with van der Waals surface area (Å²) in [4.78, 5) is 24.2. The Labute approximate surface area is 177 Å². The topological polar surface area (TPSA) is 96.0 Å². The van der Waals surface area contributed by atoms with E-state index in [1.165, 1.54) is 23.1 Å². The number of imide groups is 1. The molecule has 1 aliphatic carbocycles. The zero-order valence-corrected chi connectivity index (χ0v) is 18.0. The zero-order valence-electron chi connectivity index (χ0n) is 15.6. The van der Waals surface area contributed by atoms with Gasteiger partial charge in [0.2, 0.25) is 11.0 Å². The Kier molecular flexibility index (Phi) is 7.14. The molecule has 10 heteroatoms. The van der Waals surface area contributed by atoms with Crippen molar-refractivity contribution in [3.05, 3.63) is 28.8 Å². The molecule has 0 spiro atoms. The van der Waals surface area contributed by atoms with Gasteiger partial charge in [-0.25, -0.2) is 4.79 Å². The number of amides is 3. The molecule has 0 aliphatic heterocycles. The number of benzene rings is 1. The van der Waals surface area contributed by atoms with Gasteiger partial charge in [0.15, 0.2) is 4.34 Å². The number of hydrogen-bond acceptors (Lipinski definition) is 7. The van der Waals surface area contributed by atoms with Crippen molar-refractivity contribution in [3.63, 3.8) is 0 Å². The first kappa shape index (κ1) is 20.9. The molecule has 0 saturated heterocycles. The van der Waals surface area contributed by atoms with E-state index >= 15 is 0 Å². The highest BCUT2D eigenvalue weighted by Gasteiger charge is 2.22. The molecule has 1 unspecified atom stereocenters. The smallest absolute Gasteiger partial charge is 0.321 e. The van der Waals surface area contributed by atoms with E-state index in [9.17, 15) is 9.59 Å². The van der Waals surface area contributed by atoms with Crippen LogP contribution in [0.4, 0.5) is 15.6 Å². The van der Waals surface area contributed by atoms with Gasteiger partial charge in [0, 0.05) is 16.8 Å². The number of carbonyl (C=O) groups excluding carboxylic acids is 2. The van der Waals surface area contributed by atoms with Crippen LogP contribution < -0.4 is 16.0 Å². The van der Waals surface area contributed by atoms with Gasteiger partial charge < -0.3 is 10.6 Å². The SMILES string of the molecule is Cc1c(Cl)cccc1Nc1nnc(SC(C)C(=O)NC(=O)NC2CCCC2)s1. The minimum absolute atomic E-state index is 0.169. The van der Waals surface area contributed by atoms with Gasteiger partial charge in [0.1, 0.15) is 0 Å². The summed E-state index contributed by atoms with van der Waals surface area (Å²) < 4.78 is 0.640. The van der Waals surface area contributed by atoms with Crippen molar-refractivity contribution in [1.29, 1.82) is 0 Å². The number of thioether (sulfide) groups is 1. The van der Waals surface area contributed by atoms with E-state index in [0.29, 0.717) is 14.5 Å². The zero-order chi connectivity index (χ0) is 20.1. The number of nitrogens with zero attached hydrogens (tertiary/aromatic N) is 2. The Morgan fingerprint density at radius 3 is 2.79 bits per heavy atom. The van der Waals surface area contributed by atoms with Crippen LogP contribution in [-0.4, -0.2) is 33.4 Å². The summed E-state index contributed by atoms with van der Waals surface area (Å²) >= 11 is 8.73. The third-order valence-corrected chi connectivity index (χ3v) is 6.92. The van der Waals surface area contributed by atoms with Gasteiger partial charge in [-0.15, -0.1) is 10.2 Å². The van der Waals surface area contributed by atoms with Gasteiger partial charge in [-0.1, -0.05) is 53.6 Å². The number of anilines is 2. The average molecular weight is 440 g/mol. The lowest BCUT2D eigenvalue weighted by atomic mass is 10.2.